The van der Waals surface area contributed by atoms with Gasteiger partial charge in [-0.25, -0.2) is 0 Å². The minimum absolute atomic E-state index is 0.0453. The van der Waals surface area contributed by atoms with Gasteiger partial charge in [-0.2, -0.15) is 0 Å². The molecule has 0 radical (unpaired) electrons. The molecule has 154 valence electrons. The van der Waals surface area contributed by atoms with Gasteiger partial charge in [-0.1, -0.05) is 0 Å². The number of nitrogens with one attached hydrogen (secondary N) is 1. The van der Waals surface area contributed by atoms with Crippen molar-refractivity contribution in [3.05, 3.63) is 53.6 Å². The minimum atomic E-state index is -0.352. The van der Waals surface area contributed by atoms with E-state index < -0.39 is 0 Å². The fourth-order valence-electron chi connectivity index (χ4n) is 3.27. The molecule has 2 aromatic rings. The molecule has 2 amide bonds. The second kappa shape index (κ2) is 8.53. The maximum Gasteiger partial charge on any atom is 0.255 e. The van der Waals surface area contributed by atoms with Crippen LogP contribution in [0.2, 0.25) is 0 Å². The number of methoxy groups -OCH3 is 2. The maximum atomic E-state index is 12.9. The predicted octanol–water partition coefficient (Wildman–Crippen LogP) is 3.21. The van der Waals surface area contributed by atoms with Crippen LogP contribution in [0.3, 0.4) is 0 Å². The van der Waals surface area contributed by atoms with Gasteiger partial charge >= 0.3 is 0 Å². The lowest BCUT2D eigenvalue weighted by atomic mass is 10.0. The van der Waals surface area contributed by atoms with Gasteiger partial charge in [0.15, 0.2) is 11.5 Å². The van der Waals surface area contributed by atoms with E-state index in [1.807, 2.05) is 18.7 Å². The van der Waals surface area contributed by atoms with Crippen molar-refractivity contribution in [2.45, 2.75) is 19.4 Å². The van der Waals surface area contributed by atoms with Gasteiger partial charge in [0, 0.05) is 23.4 Å². The summed E-state index contributed by atoms with van der Waals surface area (Å²) in [5.41, 5.74) is 1.26. The summed E-state index contributed by atoms with van der Waals surface area (Å²) in [6.45, 7) is 5.58. The molecule has 1 fully saturated rings. The molecular formula is C22H26N2O5. The number of amides is 2. The van der Waals surface area contributed by atoms with Crippen molar-refractivity contribution in [2.75, 3.05) is 39.3 Å². The van der Waals surface area contributed by atoms with Crippen LogP contribution in [-0.2, 0) is 4.74 Å². The molecule has 1 aliphatic heterocycles. The molecule has 0 spiro atoms. The summed E-state index contributed by atoms with van der Waals surface area (Å²) in [5.74, 6) is 0.711. The van der Waals surface area contributed by atoms with Gasteiger partial charge < -0.3 is 24.4 Å². The predicted molar refractivity (Wildman–Crippen MR) is 110 cm³/mol. The molecule has 7 heteroatoms. The molecule has 0 aliphatic carbocycles. The van der Waals surface area contributed by atoms with Crippen LogP contribution in [0.15, 0.2) is 42.5 Å². The number of anilines is 1. The van der Waals surface area contributed by atoms with Crippen molar-refractivity contribution in [3.8, 4) is 11.5 Å². The van der Waals surface area contributed by atoms with Crippen molar-refractivity contribution in [3.63, 3.8) is 0 Å². The molecule has 29 heavy (non-hydrogen) atoms. The molecule has 0 atom stereocenters. The van der Waals surface area contributed by atoms with Crippen LogP contribution in [0.25, 0.3) is 0 Å². The third-order valence-corrected chi connectivity index (χ3v) is 4.93. The summed E-state index contributed by atoms with van der Waals surface area (Å²) in [5, 5.41) is 2.83. The van der Waals surface area contributed by atoms with Gasteiger partial charge in [0.1, 0.15) is 0 Å². The number of morpholine rings is 1. The van der Waals surface area contributed by atoms with Crippen molar-refractivity contribution in [2.24, 2.45) is 0 Å². The fourth-order valence-corrected chi connectivity index (χ4v) is 3.27. The number of ether oxygens (including phenoxy) is 3. The first-order valence-corrected chi connectivity index (χ1v) is 9.39. The van der Waals surface area contributed by atoms with Crippen molar-refractivity contribution in [1.29, 1.82) is 0 Å². The Morgan fingerprint density at radius 1 is 1.00 bits per heavy atom. The van der Waals surface area contributed by atoms with Gasteiger partial charge in [0.2, 0.25) is 0 Å². The SMILES string of the molecule is COc1ccc(C(=O)Nc2ccc(C(=O)N3CCOCC3(C)C)cc2)cc1OC. The first kappa shape index (κ1) is 20.7. The lowest BCUT2D eigenvalue weighted by Gasteiger charge is -2.42. The van der Waals surface area contributed by atoms with Gasteiger partial charge in [-0.15, -0.1) is 0 Å². The van der Waals surface area contributed by atoms with Gasteiger partial charge in [-0.3, -0.25) is 9.59 Å². The molecule has 1 heterocycles. The lowest BCUT2D eigenvalue weighted by Crippen LogP contribution is -2.55. The molecule has 0 aromatic heterocycles. The Morgan fingerprint density at radius 2 is 1.66 bits per heavy atom. The molecule has 1 N–H and O–H groups in total. The number of nitrogens with zero attached hydrogens (tertiary/aromatic N) is 1. The van der Waals surface area contributed by atoms with Crippen molar-refractivity contribution >= 4 is 17.5 Å². The topological polar surface area (TPSA) is 77.1 Å². The maximum absolute atomic E-state index is 12.9. The Kier molecular flexibility index (Phi) is 6.08. The molecular weight excluding hydrogens is 372 g/mol. The summed E-state index contributed by atoms with van der Waals surface area (Å²) in [4.78, 5) is 27.2. The summed E-state index contributed by atoms with van der Waals surface area (Å²) in [6.07, 6.45) is 0. The first-order chi connectivity index (χ1) is 13.9. The Hall–Kier alpha value is -3.06. The second-order valence-corrected chi connectivity index (χ2v) is 7.42. The quantitative estimate of drug-likeness (QED) is 0.837. The van der Waals surface area contributed by atoms with Crippen LogP contribution in [0.1, 0.15) is 34.6 Å². The van der Waals surface area contributed by atoms with E-state index in [2.05, 4.69) is 5.32 Å². The zero-order valence-corrected chi connectivity index (χ0v) is 17.2. The number of hydrogen-bond acceptors (Lipinski definition) is 5. The number of carbonyl (C=O) groups excluding carboxylic acids is 2. The number of rotatable bonds is 5. The largest absolute Gasteiger partial charge is 0.493 e. The Balaban J connectivity index is 1.70. The van der Waals surface area contributed by atoms with Crippen LogP contribution < -0.4 is 14.8 Å². The van der Waals surface area contributed by atoms with Crippen LogP contribution in [0, 0.1) is 0 Å². The number of carbonyl (C=O) groups is 2. The summed E-state index contributed by atoms with van der Waals surface area (Å²) in [7, 11) is 3.06. The van der Waals surface area contributed by atoms with Crippen molar-refractivity contribution < 1.29 is 23.8 Å². The van der Waals surface area contributed by atoms with Crippen LogP contribution in [0.5, 0.6) is 11.5 Å². The van der Waals surface area contributed by atoms with E-state index in [9.17, 15) is 9.59 Å². The van der Waals surface area contributed by atoms with E-state index >= 15 is 0 Å². The van der Waals surface area contributed by atoms with Crippen LogP contribution in [0.4, 0.5) is 5.69 Å². The van der Waals surface area contributed by atoms with Crippen LogP contribution in [-0.4, -0.2) is 56.2 Å². The molecule has 1 saturated heterocycles. The molecule has 0 bridgehead atoms. The van der Waals surface area contributed by atoms with Gasteiger partial charge in [-0.05, 0) is 56.3 Å². The van der Waals surface area contributed by atoms with E-state index in [1.165, 1.54) is 7.11 Å². The summed E-state index contributed by atoms with van der Waals surface area (Å²) >= 11 is 0. The zero-order valence-electron chi connectivity index (χ0n) is 17.2. The van der Waals surface area contributed by atoms with Crippen molar-refractivity contribution in [1.82, 2.24) is 4.90 Å². The number of benzene rings is 2. The molecule has 0 saturated carbocycles. The van der Waals surface area contributed by atoms with E-state index in [0.717, 1.165) is 0 Å². The molecule has 2 aromatic carbocycles. The van der Waals surface area contributed by atoms with Crippen LogP contribution >= 0.6 is 0 Å². The Labute approximate surface area is 170 Å². The van der Waals surface area contributed by atoms with E-state index in [-0.39, 0.29) is 17.4 Å². The standard InChI is InChI=1S/C22H26N2O5/c1-22(2)14-29-12-11-24(22)21(26)15-5-8-17(9-6-15)23-20(25)16-7-10-18(27-3)19(13-16)28-4/h5-10,13H,11-12,14H2,1-4H3,(H,23,25). The summed E-state index contributed by atoms with van der Waals surface area (Å²) in [6, 6.07) is 11.8. The van der Waals surface area contributed by atoms with E-state index in [0.29, 0.717) is 48.1 Å². The smallest absolute Gasteiger partial charge is 0.255 e. The molecule has 1 aliphatic rings. The highest BCUT2D eigenvalue weighted by atomic mass is 16.5. The highest BCUT2D eigenvalue weighted by molar-refractivity contribution is 6.05. The highest BCUT2D eigenvalue weighted by Crippen LogP contribution is 2.28. The third kappa shape index (κ3) is 4.51. The fraction of sp³-hybridized carbons (Fsp3) is 0.364. The van der Waals surface area contributed by atoms with Gasteiger partial charge in [0.25, 0.3) is 11.8 Å². The third-order valence-electron chi connectivity index (χ3n) is 4.93. The molecule has 0 unspecified atom stereocenters. The molecule has 3 rings (SSSR count). The number of hydrogen-bond donors (Lipinski definition) is 1. The molecule has 7 nitrogen and oxygen atoms in total. The summed E-state index contributed by atoms with van der Waals surface area (Å²) < 4.78 is 15.9. The average molecular weight is 398 g/mol. The Bertz CT molecular complexity index is 893. The van der Waals surface area contributed by atoms with Gasteiger partial charge in [0.05, 0.1) is 33.0 Å². The lowest BCUT2D eigenvalue weighted by molar-refractivity contribution is -0.0370. The normalized spacial score (nSPS) is 15.5. The Morgan fingerprint density at radius 3 is 2.28 bits per heavy atom. The second-order valence-electron chi connectivity index (χ2n) is 7.42. The van der Waals surface area contributed by atoms with E-state index in [4.69, 9.17) is 14.2 Å². The highest BCUT2D eigenvalue weighted by Gasteiger charge is 2.34. The minimum Gasteiger partial charge on any atom is -0.493 e. The van der Waals surface area contributed by atoms with E-state index in [1.54, 1.807) is 49.6 Å². The monoisotopic (exact) mass is 398 g/mol. The zero-order chi connectivity index (χ0) is 21.0. The average Bonchev–Trinajstić information content (AvgIpc) is 2.73. The first-order valence-electron chi connectivity index (χ1n) is 9.39.